The SMILES string of the molecule is O=C1CNCCCNCCNCN1. The van der Waals surface area contributed by atoms with Gasteiger partial charge in [0.15, 0.2) is 0 Å². The van der Waals surface area contributed by atoms with Gasteiger partial charge < -0.3 is 16.0 Å². The van der Waals surface area contributed by atoms with Crippen LogP contribution in [0.4, 0.5) is 0 Å². The summed E-state index contributed by atoms with van der Waals surface area (Å²) >= 11 is 0. The van der Waals surface area contributed by atoms with Gasteiger partial charge in [0, 0.05) is 13.1 Å². The van der Waals surface area contributed by atoms with Gasteiger partial charge in [-0.05, 0) is 19.5 Å². The van der Waals surface area contributed by atoms with Crippen LogP contribution in [0.1, 0.15) is 6.42 Å². The van der Waals surface area contributed by atoms with E-state index in [9.17, 15) is 4.79 Å². The highest BCUT2D eigenvalue weighted by molar-refractivity contribution is 5.77. The fraction of sp³-hybridized carbons (Fsp3) is 0.875. The lowest BCUT2D eigenvalue weighted by Crippen LogP contribution is -2.42. The molecular formula is C8H18N4O. The molecule has 0 atom stereocenters. The van der Waals surface area contributed by atoms with Crippen molar-refractivity contribution >= 4 is 5.91 Å². The van der Waals surface area contributed by atoms with Gasteiger partial charge in [0.05, 0.1) is 13.2 Å². The van der Waals surface area contributed by atoms with Crippen molar-refractivity contribution in [2.75, 3.05) is 39.4 Å². The van der Waals surface area contributed by atoms with E-state index in [-0.39, 0.29) is 5.91 Å². The number of hydrogen-bond donors (Lipinski definition) is 4. The van der Waals surface area contributed by atoms with Gasteiger partial charge in [0.2, 0.25) is 5.91 Å². The highest BCUT2D eigenvalue weighted by Gasteiger charge is 1.99. The lowest BCUT2D eigenvalue weighted by Gasteiger charge is -2.11. The van der Waals surface area contributed by atoms with E-state index in [1.54, 1.807) is 0 Å². The third-order valence-corrected chi connectivity index (χ3v) is 1.88. The zero-order valence-corrected chi connectivity index (χ0v) is 7.86. The van der Waals surface area contributed by atoms with E-state index in [0.717, 1.165) is 32.6 Å². The molecule has 5 heteroatoms. The Kier molecular flexibility index (Phi) is 5.47. The minimum atomic E-state index is 0.0565. The van der Waals surface area contributed by atoms with Crippen molar-refractivity contribution in [3.63, 3.8) is 0 Å². The molecule has 1 heterocycles. The first-order chi connectivity index (χ1) is 6.39. The monoisotopic (exact) mass is 186 g/mol. The molecule has 0 spiro atoms. The number of nitrogens with one attached hydrogen (secondary N) is 4. The average molecular weight is 186 g/mol. The lowest BCUT2D eigenvalue weighted by atomic mass is 10.4. The van der Waals surface area contributed by atoms with E-state index in [0.29, 0.717) is 13.2 Å². The number of hydrogen-bond acceptors (Lipinski definition) is 4. The van der Waals surface area contributed by atoms with E-state index < -0.39 is 0 Å². The maximum Gasteiger partial charge on any atom is 0.234 e. The van der Waals surface area contributed by atoms with Gasteiger partial charge in [0.25, 0.3) is 0 Å². The first-order valence-corrected chi connectivity index (χ1v) is 4.78. The summed E-state index contributed by atoms with van der Waals surface area (Å²) in [7, 11) is 0. The standard InChI is InChI=1S/C8H18N4O/c13-8-6-10-3-1-2-9-4-5-11-7-12-8/h9-11H,1-7H2,(H,12,13). The lowest BCUT2D eigenvalue weighted by molar-refractivity contribution is -0.120. The predicted molar refractivity (Wildman–Crippen MR) is 51.4 cm³/mol. The van der Waals surface area contributed by atoms with Crippen LogP contribution in [0, 0.1) is 0 Å². The van der Waals surface area contributed by atoms with Gasteiger partial charge in [-0.15, -0.1) is 0 Å². The smallest absolute Gasteiger partial charge is 0.234 e. The molecule has 0 saturated carbocycles. The van der Waals surface area contributed by atoms with Gasteiger partial charge >= 0.3 is 0 Å². The predicted octanol–water partition coefficient (Wildman–Crippen LogP) is -1.77. The van der Waals surface area contributed by atoms with Crippen molar-refractivity contribution in [1.29, 1.82) is 0 Å². The molecule has 76 valence electrons. The summed E-state index contributed by atoms with van der Waals surface area (Å²) in [6.07, 6.45) is 1.06. The molecule has 1 aliphatic rings. The van der Waals surface area contributed by atoms with Gasteiger partial charge in [0.1, 0.15) is 0 Å². The van der Waals surface area contributed by atoms with E-state index in [1.165, 1.54) is 0 Å². The average Bonchev–Trinajstić information content (AvgIpc) is 2.11. The number of carbonyl (C=O) groups excluding carboxylic acids is 1. The van der Waals surface area contributed by atoms with Gasteiger partial charge in [-0.3, -0.25) is 10.1 Å². The Balaban J connectivity index is 2.14. The summed E-state index contributed by atoms with van der Waals surface area (Å²) in [5.41, 5.74) is 0. The molecule has 13 heavy (non-hydrogen) atoms. The molecule has 1 amide bonds. The molecule has 5 nitrogen and oxygen atoms in total. The van der Waals surface area contributed by atoms with Crippen LogP contribution in [-0.2, 0) is 4.79 Å². The maximum absolute atomic E-state index is 11.1. The van der Waals surface area contributed by atoms with Crippen molar-refractivity contribution < 1.29 is 4.79 Å². The first kappa shape index (κ1) is 10.4. The maximum atomic E-state index is 11.1. The third-order valence-electron chi connectivity index (χ3n) is 1.88. The molecule has 0 aromatic heterocycles. The molecule has 4 N–H and O–H groups in total. The van der Waals surface area contributed by atoms with Crippen LogP contribution in [0.5, 0.6) is 0 Å². The Hall–Kier alpha value is -0.650. The largest absolute Gasteiger partial charge is 0.342 e. The molecule has 1 fully saturated rings. The van der Waals surface area contributed by atoms with Gasteiger partial charge in [-0.2, -0.15) is 0 Å². The second-order valence-electron chi connectivity index (χ2n) is 3.06. The summed E-state index contributed by atoms with van der Waals surface area (Å²) in [5, 5.41) is 12.2. The second-order valence-corrected chi connectivity index (χ2v) is 3.06. The first-order valence-electron chi connectivity index (χ1n) is 4.78. The highest BCUT2D eigenvalue weighted by atomic mass is 16.1. The highest BCUT2D eigenvalue weighted by Crippen LogP contribution is 1.74. The van der Waals surface area contributed by atoms with E-state index in [2.05, 4.69) is 21.3 Å². The topological polar surface area (TPSA) is 65.2 Å². The zero-order valence-electron chi connectivity index (χ0n) is 7.86. The summed E-state index contributed by atoms with van der Waals surface area (Å²) in [6, 6.07) is 0. The molecule has 0 aliphatic carbocycles. The molecule has 0 aromatic carbocycles. The van der Waals surface area contributed by atoms with Gasteiger partial charge in [-0.1, -0.05) is 0 Å². The minimum absolute atomic E-state index is 0.0565. The minimum Gasteiger partial charge on any atom is -0.342 e. The van der Waals surface area contributed by atoms with Crippen molar-refractivity contribution in [2.24, 2.45) is 0 Å². The van der Waals surface area contributed by atoms with Crippen LogP contribution < -0.4 is 21.3 Å². The van der Waals surface area contributed by atoms with Crippen molar-refractivity contribution in [2.45, 2.75) is 6.42 Å². The Bertz CT molecular complexity index is 137. The molecule has 1 rings (SSSR count). The molecule has 0 bridgehead atoms. The summed E-state index contributed by atoms with van der Waals surface area (Å²) in [5.74, 6) is 0.0565. The fourth-order valence-corrected chi connectivity index (χ4v) is 1.15. The van der Waals surface area contributed by atoms with Crippen LogP contribution in [-0.4, -0.2) is 45.3 Å². The Labute approximate surface area is 78.6 Å². The van der Waals surface area contributed by atoms with Crippen LogP contribution in [0.3, 0.4) is 0 Å². The van der Waals surface area contributed by atoms with Crippen LogP contribution in [0.2, 0.25) is 0 Å². The molecule has 0 aromatic rings. The number of carbonyl (C=O) groups is 1. The molecule has 1 saturated heterocycles. The Morgan fingerprint density at radius 3 is 2.62 bits per heavy atom. The van der Waals surface area contributed by atoms with Crippen molar-refractivity contribution in [3.05, 3.63) is 0 Å². The fourth-order valence-electron chi connectivity index (χ4n) is 1.15. The van der Waals surface area contributed by atoms with Crippen LogP contribution in [0.25, 0.3) is 0 Å². The quantitative estimate of drug-likeness (QED) is 0.362. The molecule has 1 aliphatic heterocycles. The van der Waals surface area contributed by atoms with Crippen molar-refractivity contribution in [1.82, 2.24) is 21.3 Å². The van der Waals surface area contributed by atoms with Crippen molar-refractivity contribution in [3.8, 4) is 0 Å². The zero-order chi connectivity index (χ0) is 9.36. The van der Waals surface area contributed by atoms with E-state index >= 15 is 0 Å². The van der Waals surface area contributed by atoms with Gasteiger partial charge in [-0.25, -0.2) is 0 Å². The molecule has 0 unspecified atom stereocenters. The number of rotatable bonds is 0. The Morgan fingerprint density at radius 1 is 0.923 bits per heavy atom. The summed E-state index contributed by atoms with van der Waals surface area (Å²) in [6.45, 7) is 4.73. The molecular weight excluding hydrogens is 168 g/mol. The summed E-state index contributed by atoms with van der Waals surface area (Å²) in [4.78, 5) is 11.1. The summed E-state index contributed by atoms with van der Waals surface area (Å²) < 4.78 is 0. The van der Waals surface area contributed by atoms with Crippen LogP contribution >= 0.6 is 0 Å². The normalized spacial score (nSPS) is 22.6. The van der Waals surface area contributed by atoms with Crippen LogP contribution in [0.15, 0.2) is 0 Å². The second kappa shape index (κ2) is 6.82. The Morgan fingerprint density at radius 2 is 1.69 bits per heavy atom. The van der Waals surface area contributed by atoms with E-state index in [4.69, 9.17) is 0 Å². The number of amides is 1. The van der Waals surface area contributed by atoms with E-state index in [1.807, 2.05) is 0 Å². The third kappa shape index (κ3) is 5.57. The molecule has 0 radical (unpaired) electrons.